The molecule has 1 aliphatic rings. The molecule has 3 rings (SSSR count). The maximum atomic E-state index is 11.9. The Morgan fingerprint density at radius 3 is 2.67 bits per heavy atom. The second kappa shape index (κ2) is 6.34. The fourth-order valence-electron chi connectivity index (χ4n) is 3.61. The van der Waals surface area contributed by atoms with Crippen LogP contribution in [0.3, 0.4) is 0 Å². The van der Waals surface area contributed by atoms with Gasteiger partial charge in [0.2, 0.25) is 5.91 Å². The van der Waals surface area contributed by atoms with Crippen LogP contribution in [0.4, 0.5) is 0 Å². The zero-order valence-corrected chi connectivity index (χ0v) is 14.8. The van der Waals surface area contributed by atoms with Gasteiger partial charge in [0.25, 0.3) is 0 Å². The number of amides is 1. The number of aryl methyl sites for hydroxylation is 1. The first-order chi connectivity index (χ1) is 11.4. The number of benzene rings is 1. The number of nitrogens with zero attached hydrogens (tertiary/aromatic N) is 4. The second-order valence-electron chi connectivity index (χ2n) is 7.08. The molecular weight excluding hydrogens is 302 g/mol. The average molecular weight is 327 g/mol. The molecule has 1 fully saturated rings. The van der Waals surface area contributed by atoms with Crippen molar-refractivity contribution in [1.82, 2.24) is 25.5 Å². The summed E-state index contributed by atoms with van der Waals surface area (Å²) in [5.74, 6) is 1.36. The van der Waals surface area contributed by atoms with E-state index in [0.717, 1.165) is 42.8 Å². The van der Waals surface area contributed by atoms with Crippen LogP contribution >= 0.6 is 0 Å². The Kier molecular flexibility index (Phi) is 4.39. The molecule has 1 amide bonds. The van der Waals surface area contributed by atoms with Crippen LogP contribution < -0.4 is 5.32 Å². The van der Waals surface area contributed by atoms with Gasteiger partial charge in [-0.05, 0) is 73.1 Å². The largest absolute Gasteiger partial charge is 0.344 e. The second-order valence-corrected chi connectivity index (χ2v) is 7.08. The van der Waals surface area contributed by atoms with Gasteiger partial charge in [-0.25, -0.2) is 0 Å². The minimum atomic E-state index is -0.488. The lowest BCUT2D eigenvalue weighted by atomic mass is 9.76. The molecule has 1 saturated carbocycles. The molecular formula is C18H25N5O. The van der Waals surface area contributed by atoms with E-state index in [1.807, 2.05) is 12.1 Å². The smallest absolute Gasteiger partial charge is 0.217 e. The van der Waals surface area contributed by atoms with Crippen LogP contribution in [-0.2, 0) is 10.3 Å². The van der Waals surface area contributed by atoms with Crippen molar-refractivity contribution in [3.63, 3.8) is 0 Å². The third-order valence-electron chi connectivity index (χ3n) is 5.24. The molecule has 6 nitrogen and oxygen atoms in total. The molecule has 0 atom stereocenters. The number of rotatable bonds is 3. The number of carbonyl (C=O) groups excluding carboxylic acids is 1. The third-order valence-corrected chi connectivity index (χ3v) is 5.24. The Morgan fingerprint density at radius 2 is 2.00 bits per heavy atom. The van der Waals surface area contributed by atoms with E-state index in [1.165, 1.54) is 5.56 Å². The highest BCUT2D eigenvalue weighted by Crippen LogP contribution is 2.39. The van der Waals surface area contributed by atoms with Crippen molar-refractivity contribution in [1.29, 1.82) is 0 Å². The van der Waals surface area contributed by atoms with Gasteiger partial charge in [0.05, 0.1) is 5.69 Å². The number of carbonyl (C=O) groups is 1. The Bertz CT molecular complexity index is 744. The fraction of sp³-hybridized carbons (Fsp3) is 0.556. The van der Waals surface area contributed by atoms with Crippen molar-refractivity contribution < 1.29 is 4.79 Å². The van der Waals surface area contributed by atoms with E-state index >= 15 is 0 Å². The molecule has 0 unspecified atom stereocenters. The number of hydrogen-bond donors (Lipinski definition) is 1. The summed E-state index contributed by atoms with van der Waals surface area (Å²) in [5, 5.41) is 15.7. The normalized spacial score (nSPS) is 23.9. The minimum Gasteiger partial charge on any atom is -0.344 e. The number of hydrogen-bond acceptors (Lipinski definition) is 4. The van der Waals surface area contributed by atoms with Crippen LogP contribution in [0.1, 0.15) is 56.5 Å². The van der Waals surface area contributed by atoms with E-state index in [0.29, 0.717) is 5.92 Å². The lowest BCUT2D eigenvalue weighted by molar-refractivity contribution is -0.121. The highest BCUT2D eigenvalue weighted by Gasteiger charge is 2.41. The van der Waals surface area contributed by atoms with E-state index in [-0.39, 0.29) is 5.91 Å². The minimum absolute atomic E-state index is 0.0416. The maximum absolute atomic E-state index is 11.9. The summed E-state index contributed by atoms with van der Waals surface area (Å²) in [4.78, 5) is 11.9. The average Bonchev–Trinajstić information content (AvgIpc) is 3.02. The van der Waals surface area contributed by atoms with Crippen LogP contribution in [0, 0.1) is 19.8 Å². The Balaban J connectivity index is 2.09. The van der Waals surface area contributed by atoms with Gasteiger partial charge < -0.3 is 5.32 Å². The maximum Gasteiger partial charge on any atom is 0.217 e. The van der Waals surface area contributed by atoms with Gasteiger partial charge in [-0.2, -0.15) is 4.68 Å². The van der Waals surface area contributed by atoms with E-state index < -0.39 is 5.54 Å². The zero-order valence-electron chi connectivity index (χ0n) is 14.8. The Morgan fingerprint density at radius 1 is 1.29 bits per heavy atom. The van der Waals surface area contributed by atoms with E-state index in [4.69, 9.17) is 0 Å². The summed E-state index contributed by atoms with van der Waals surface area (Å²) in [6.07, 6.45) is 3.83. The molecule has 0 radical (unpaired) electrons. The van der Waals surface area contributed by atoms with Crippen LogP contribution in [-0.4, -0.2) is 26.1 Å². The first-order valence-electron chi connectivity index (χ1n) is 8.57. The number of nitrogens with one attached hydrogen (secondary N) is 1. The third kappa shape index (κ3) is 2.92. The molecule has 1 aromatic carbocycles. The first kappa shape index (κ1) is 16.6. The highest BCUT2D eigenvalue weighted by molar-refractivity contribution is 5.74. The molecule has 0 aliphatic heterocycles. The molecule has 1 aliphatic carbocycles. The summed E-state index contributed by atoms with van der Waals surface area (Å²) in [6, 6.07) is 6.11. The molecule has 1 N–H and O–H groups in total. The predicted molar refractivity (Wildman–Crippen MR) is 91.8 cm³/mol. The number of aromatic nitrogens is 4. The molecule has 1 heterocycles. The standard InChI is InChI=1S/C18H25N5O/c1-12-8-10-18(11-9-12,19-15(4)24)17-20-21-22-23(17)16-7-5-6-13(2)14(16)3/h5-7,12H,8-11H2,1-4H3,(H,19,24). The van der Waals surface area contributed by atoms with E-state index in [2.05, 4.69) is 47.7 Å². The van der Waals surface area contributed by atoms with Gasteiger partial charge in [-0.3, -0.25) is 4.79 Å². The summed E-state index contributed by atoms with van der Waals surface area (Å²) in [5.41, 5.74) is 2.82. The first-order valence-corrected chi connectivity index (χ1v) is 8.57. The number of tetrazole rings is 1. The van der Waals surface area contributed by atoms with Gasteiger partial charge in [0, 0.05) is 6.92 Å². The molecule has 24 heavy (non-hydrogen) atoms. The quantitative estimate of drug-likeness (QED) is 0.941. The molecule has 0 saturated heterocycles. The Hall–Kier alpha value is -2.24. The van der Waals surface area contributed by atoms with Gasteiger partial charge in [0.1, 0.15) is 5.54 Å². The van der Waals surface area contributed by atoms with Gasteiger partial charge >= 0.3 is 0 Å². The summed E-state index contributed by atoms with van der Waals surface area (Å²) < 4.78 is 1.80. The zero-order chi connectivity index (χ0) is 17.3. The summed E-state index contributed by atoms with van der Waals surface area (Å²) in [6.45, 7) is 7.97. The molecule has 6 heteroatoms. The molecule has 0 spiro atoms. The van der Waals surface area contributed by atoms with Crippen LogP contribution in [0.15, 0.2) is 18.2 Å². The van der Waals surface area contributed by atoms with E-state index in [9.17, 15) is 4.79 Å². The molecule has 0 bridgehead atoms. The molecule has 2 aromatic rings. The van der Waals surface area contributed by atoms with Crippen molar-refractivity contribution in [3.05, 3.63) is 35.2 Å². The topological polar surface area (TPSA) is 72.7 Å². The van der Waals surface area contributed by atoms with Crippen molar-refractivity contribution in [2.24, 2.45) is 5.92 Å². The Labute approximate surface area is 142 Å². The van der Waals surface area contributed by atoms with Gasteiger partial charge in [-0.15, -0.1) is 5.10 Å². The summed E-state index contributed by atoms with van der Waals surface area (Å²) >= 11 is 0. The van der Waals surface area contributed by atoms with Crippen molar-refractivity contribution in [3.8, 4) is 5.69 Å². The van der Waals surface area contributed by atoms with E-state index in [1.54, 1.807) is 11.6 Å². The molecule has 1 aromatic heterocycles. The highest BCUT2D eigenvalue weighted by atomic mass is 16.1. The lowest BCUT2D eigenvalue weighted by Gasteiger charge is -2.38. The SMILES string of the molecule is CC(=O)NC1(c2nnnn2-c2cccc(C)c2C)CCC(C)CC1. The van der Waals surface area contributed by atoms with Crippen molar-refractivity contribution in [2.75, 3.05) is 0 Å². The van der Waals surface area contributed by atoms with Crippen molar-refractivity contribution in [2.45, 2.75) is 58.9 Å². The van der Waals surface area contributed by atoms with Gasteiger partial charge in [0.15, 0.2) is 5.82 Å². The monoisotopic (exact) mass is 327 g/mol. The van der Waals surface area contributed by atoms with Crippen LogP contribution in [0.2, 0.25) is 0 Å². The fourth-order valence-corrected chi connectivity index (χ4v) is 3.61. The van der Waals surface area contributed by atoms with Crippen molar-refractivity contribution >= 4 is 5.91 Å². The predicted octanol–water partition coefficient (Wildman–Crippen LogP) is 2.82. The lowest BCUT2D eigenvalue weighted by Crippen LogP contribution is -2.49. The van der Waals surface area contributed by atoms with Crippen LogP contribution in [0.25, 0.3) is 5.69 Å². The van der Waals surface area contributed by atoms with Gasteiger partial charge in [-0.1, -0.05) is 19.1 Å². The van der Waals surface area contributed by atoms with Crippen LogP contribution in [0.5, 0.6) is 0 Å². The molecule has 128 valence electrons. The summed E-state index contributed by atoms with van der Waals surface area (Å²) in [7, 11) is 0.